The molecule has 2 heterocycles. The molecule has 116 valence electrons. The SMILES string of the molecule is [C-]#[N+]c1nc2c(C(C)C)cc(=O)n(C)c2cc1OCCOC. The van der Waals surface area contributed by atoms with Crippen molar-refractivity contribution in [3.63, 3.8) is 0 Å². The maximum absolute atomic E-state index is 12.1. The molecule has 0 saturated carbocycles. The molecule has 0 aliphatic rings. The van der Waals surface area contributed by atoms with Crippen LogP contribution < -0.4 is 10.3 Å². The molecule has 0 radical (unpaired) electrons. The molecule has 22 heavy (non-hydrogen) atoms. The van der Waals surface area contributed by atoms with Crippen LogP contribution in [0.2, 0.25) is 0 Å². The third-order valence-electron chi connectivity index (χ3n) is 3.47. The lowest BCUT2D eigenvalue weighted by Crippen LogP contribution is -2.18. The minimum absolute atomic E-state index is 0.101. The highest BCUT2D eigenvalue weighted by molar-refractivity contribution is 5.83. The van der Waals surface area contributed by atoms with Crippen LogP contribution in [0.4, 0.5) is 5.82 Å². The van der Waals surface area contributed by atoms with E-state index in [9.17, 15) is 4.79 Å². The van der Waals surface area contributed by atoms with Crippen LogP contribution >= 0.6 is 0 Å². The Morgan fingerprint density at radius 2 is 2.09 bits per heavy atom. The predicted molar refractivity (Wildman–Crippen MR) is 84.7 cm³/mol. The third kappa shape index (κ3) is 2.95. The van der Waals surface area contributed by atoms with E-state index < -0.39 is 0 Å². The molecule has 0 fully saturated rings. The maximum atomic E-state index is 12.1. The van der Waals surface area contributed by atoms with Crippen LogP contribution in [0.1, 0.15) is 25.3 Å². The Kier molecular flexibility index (Phi) is 4.78. The number of nitrogens with zero attached hydrogens (tertiary/aromatic N) is 3. The summed E-state index contributed by atoms with van der Waals surface area (Å²) in [5, 5.41) is 0. The molecule has 0 aliphatic heterocycles. The highest BCUT2D eigenvalue weighted by atomic mass is 16.5. The number of ether oxygens (including phenoxy) is 2. The molecular formula is C16H19N3O3. The number of aromatic nitrogens is 2. The lowest BCUT2D eigenvalue weighted by Gasteiger charge is -2.13. The summed E-state index contributed by atoms with van der Waals surface area (Å²) in [4.78, 5) is 20.0. The quantitative estimate of drug-likeness (QED) is 0.629. The second kappa shape index (κ2) is 6.58. The molecule has 0 saturated heterocycles. The zero-order chi connectivity index (χ0) is 16.3. The first-order valence-corrected chi connectivity index (χ1v) is 7.03. The van der Waals surface area contributed by atoms with Crippen LogP contribution in [0.3, 0.4) is 0 Å². The highest BCUT2D eigenvalue weighted by Gasteiger charge is 2.18. The number of hydrogen-bond acceptors (Lipinski definition) is 4. The number of aryl methyl sites for hydroxylation is 1. The summed E-state index contributed by atoms with van der Waals surface area (Å²) < 4.78 is 12.0. The van der Waals surface area contributed by atoms with E-state index in [-0.39, 0.29) is 17.3 Å². The monoisotopic (exact) mass is 301 g/mol. The maximum Gasteiger partial charge on any atom is 0.312 e. The van der Waals surface area contributed by atoms with Gasteiger partial charge in [0.05, 0.1) is 12.1 Å². The van der Waals surface area contributed by atoms with Crippen LogP contribution in [0, 0.1) is 6.57 Å². The van der Waals surface area contributed by atoms with Gasteiger partial charge in [-0.1, -0.05) is 20.4 Å². The van der Waals surface area contributed by atoms with Gasteiger partial charge in [0.25, 0.3) is 5.56 Å². The molecule has 6 heteroatoms. The number of methoxy groups -OCH3 is 1. The van der Waals surface area contributed by atoms with Crippen molar-refractivity contribution < 1.29 is 9.47 Å². The summed E-state index contributed by atoms with van der Waals surface area (Å²) in [5.41, 5.74) is 2.07. The molecule has 0 bridgehead atoms. The fourth-order valence-electron chi connectivity index (χ4n) is 2.22. The van der Waals surface area contributed by atoms with Gasteiger partial charge < -0.3 is 18.9 Å². The van der Waals surface area contributed by atoms with Gasteiger partial charge in [-0.2, -0.15) is 0 Å². The Bertz CT molecular complexity index is 788. The zero-order valence-corrected chi connectivity index (χ0v) is 13.2. The summed E-state index contributed by atoms with van der Waals surface area (Å²) in [6.45, 7) is 12.0. The van der Waals surface area contributed by atoms with E-state index in [4.69, 9.17) is 16.0 Å². The molecule has 0 unspecified atom stereocenters. The normalized spacial score (nSPS) is 10.9. The van der Waals surface area contributed by atoms with Crippen molar-refractivity contribution in [1.82, 2.24) is 9.55 Å². The first-order valence-electron chi connectivity index (χ1n) is 7.03. The number of rotatable bonds is 5. The molecular weight excluding hydrogens is 282 g/mol. The highest BCUT2D eigenvalue weighted by Crippen LogP contribution is 2.32. The Morgan fingerprint density at radius 3 is 2.68 bits per heavy atom. The van der Waals surface area contributed by atoms with E-state index in [0.717, 1.165) is 5.56 Å². The fraction of sp³-hybridized carbons (Fsp3) is 0.438. The van der Waals surface area contributed by atoms with Gasteiger partial charge in [-0.3, -0.25) is 4.79 Å². The minimum atomic E-state index is -0.101. The second-order valence-corrected chi connectivity index (χ2v) is 5.28. The Labute approximate surface area is 129 Å². The Hall–Kier alpha value is -2.39. The molecule has 0 amide bonds. The summed E-state index contributed by atoms with van der Waals surface area (Å²) in [5.74, 6) is 0.711. The standard InChI is InChI=1S/C16H19N3O3/c1-10(2)11-8-14(20)19(4)12-9-13(22-7-6-21-5)16(17-3)18-15(11)12/h8-10H,6-7H2,1-2,4-5H3. The lowest BCUT2D eigenvalue weighted by atomic mass is 10.0. The van der Waals surface area contributed by atoms with Crippen molar-refractivity contribution in [3.05, 3.63) is 39.5 Å². The van der Waals surface area contributed by atoms with E-state index in [1.54, 1.807) is 26.3 Å². The van der Waals surface area contributed by atoms with Crippen molar-refractivity contribution in [3.8, 4) is 5.75 Å². The van der Waals surface area contributed by atoms with Crippen LogP contribution in [-0.2, 0) is 11.8 Å². The smallest absolute Gasteiger partial charge is 0.312 e. The van der Waals surface area contributed by atoms with Crippen LogP contribution in [0.15, 0.2) is 16.9 Å². The van der Waals surface area contributed by atoms with Gasteiger partial charge in [0.1, 0.15) is 12.4 Å². The number of fused-ring (bicyclic) bond motifs is 1. The Balaban J connectivity index is 2.68. The van der Waals surface area contributed by atoms with Gasteiger partial charge in [-0.05, 0) is 12.0 Å². The average Bonchev–Trinajstić information content (AvgIpc) is 2.50. The van der Waals surface area contributed by atoms with Crippen LogP contribution in [0.25, 0.3) is 15.9 Å². The molecule has 0 aliphatic carbocycles. The fourth-order valence-corrected chi connectivity index (χ4v) is 2.22. The van der Waals surface area contributed by atoms with Crippen molar-refractivity contribution in [2.45, 2.75) is 19.8 Å². The summed E-state index contributed by atoms with van der Waals surface area (Å²) >= 11 is 0. The van der Waals surface area contributed by atoms with Crippen molar-refractivity contribution in [2.75, 3.05) is 20.3 Å². The van der Waals surface area contributed by atoms with Crippen LogP contribution in [0.5, 0.6) is 5.75 Å². The van der Waals surface area contributed by atoms with Crippen LogP contribution in [-0.4, -0.2) is 29.9 Å². The summed E-state index contributed by atoms with van der Waals surface area (Å²) in [6.07, 6.45) is 0. The average molecular weight is 301 g/mol. The molecule has 2 aromatic heterocycles. The number of hydrogen-bond donors (Lipinski definition) is 0. The largest absolute Gasteiger partial charge is 0.500 e. The zero-order valence-electron chi connectivity index (χ0n) is 13.2. The molecule has 2 aromatic rings. The van der Waals surface area contributed by atoms with Crippen molar-refractivity contribution in [1.29, 1.82) is 0 Å². The van der Waals surface area contributed by atoms with Gasteiger partial charge in [0.2, 0.25) is 0 Å². The molecule has 0 atom stereocenters. The summed E-state index contributed by atoms with van der Waals surface area (Å²) in [7, 11) is 3.27. The second-order valence-electron chi connectivity index (χ2n) is 5.28. The first kappa shape index (κ1) is 16.0. The molecule has 0 aromatic carbocycles. The van der Waals surface area contributed by atoms with Gasteiger partial charge >= 0.3 is 5.82 Å². The molecule has 6 nitrogen and oxygen atoms in total. The third-order valence-corrected chi connectivity index (χ3v) is 3.47. The Morgan fingerprint density at radius 1 is 1.36 bits per heavy atom. The topological polar surface area (TPSA) is 57.7 Å². The van der Waals surface area contributed by atoms with Gasteiger partial charge in [-0.25, -0.2) is 0 Å². The van der Waals surface area contributed by atoms with E-state index in [0.29, 0.717) is 30.0 Å². The molecule has 0 spiro atoms. The number of pyridine rings is 2. The lowest BCUT2D eigenvalue weighted by molar-refractivity contribution is 0.146. The van der Waals surface area contributed by atoms with Gasteiger partial charge in [0.15, 0.2) is 5.52 Å². The van der Waals surface area contributed by atoms with E-state index >= 15 is 0 Å². The van der Waals surface area contributed by atoms with E-state index in [2.05, 4.69) is 9.83 Å². The molecule has 2 rings (SSSR count). The minimum Gasteiger partial charge on any atom is -0.500 e. The van der Waals surface area contributed by atoms with Crippen molar-refractivity contribution >= 4 is 16.9 Å². The van der Waals surface area contributed by atoms with E-state index in [1.165, 1.54) is 4.57 Å². The molecule has 0 N–H and O–H groups in total. The van der Waals surface area contributed by atoms with Crippen molar-refractivity contribution in [2.24, 2.45) is 7.05 Å². The predicted octanol–water partition coefficient (Wildman–Crippen LogP) is 2.63. The summed E-state index contributed by atoms with van der Waals surface area (Å²) in [6, 6.07) is 3.29. The van der Waals surface area contributed by atoms with Gasteiger partial charge in [0, 0.05) is 25.8 Å². The first-order chi connectivity index (χ1) is 10.5. The van der Waals surface area contributed by atoms with E-state index in [1.807, 2.05) is 13.8 Å². The van der Waals surface area contributed by atoms with Gasteiger partial charge in [-0.15, -0.1) is 4.98 Å².